The number of hydrogen-bond acceptors (Lipinski definition) is 5. The number of hydrogen-bond donors (Lipinski definition) is 0. The smallest absolute Gasteiger partial charge is 0.303 e. The first-order chi connectivity index (χ1) is 9.06. The molecule has 1 saturated heterocycles. The van der Waals surface area contributed by atoms with Gasteiger partial charge in [0.15, 0.2) is 12.2 Å². The molecule has 2 atom stereocenters. The van der Waals surface area contributed by atoms with E-state index in [0.29, 0.717) is 13.1 Å². The van der Waals surface area contributed by atoms with Gasteiger partial charge in [0, 0.05) is 19.5 Å². The summed E-state index contributed by atoms with van der Waals surface area (Å²) in [6, 6.07) is 9.76. The van der Waals surface area contributed by atoms with E-state index in [-0.39, 0.29) is 11.9 Å². The molecule has 2 unspecified atom stereocenters. The Hall–Kier alpha value is -2.04. The fourth-order valence-corrected chi connectivity index (χ4v) is 2.25. The van der Waals surface area contributed by atoms with Crippen LogP contribution in [0.1, 0.15) is 13.8 Å². The number of rotatable bonds is 3. The van der Waals surface area contributed by atoms with E-state index in [4.69, 9.17) is 9.47 Å². The predicted molar refractivity (Wildman–Crippen MR) is 69.8 cm³/mol. The second-order valence-electron chi connectivity index (χ2n) is 4.54. The standard InChI is InChI=1S/C14H17NO4/c1-10(16)18-13-8-15(9-14(13)19-11(2)17)12-6-4-3-5-7-12/h3-7,13-14H,8-9H2,1-2H3. The van der Waals surface area contributed by atoms with Gasteiger partial charge in [-0.3, -0.25) is 9.59 Å². The van der Waals surface area contributed by atoms with Crippen LogP contribution in [0.5, 0.6) is 0 Å². The first kappa shape index (κ1) is 13.4. The van der Waals surface area contributed by atoms with Crippen LogP contribution in [0.2, 0.25) is 0 Å². The first-order valence-electron chi connectivity index (χ1n) is 6.20. The normalized spacial score (nSPS) is 22.1. The highest BCUT2D eigenvalue weighted by Crippen LogP contribution is 2.23. The number of benzene rings is 1. The van der Waals surface area contributed by atoms with Gasteiger partial charge in [-0.2, -0.15) is 0 Å². The molecule has 0 aliphatic carbocycles. The summed E-state index contributed by atoms with van der Waals surface area (Å²) in [7, 11) is 0. The highest BCUT2D eigenvalue weighted by Gasteiger charge is 2.37. The van der Waals surface area contributed by atoms with Crippen molar-refractivity contribution in [1.82, 2.24) is 0 Å². The summed E-state index contributed by atoms with van der Waals surface area (Å²) in [5.41, 5.74) is 1.02. The maximum absolute atomic E-state index is 11.1. The van der Waals surface area contributed by atoms with E-state index >= 15 is 0 Å². The molecule has 1 fully saturated rings. The second kappa shape index (κ2) is 5.73. The molecular weight excluding hydrogens is 246 g/mol. The molecule has 2 rings (SSSR count). The molecule has 1 aliphatic rings. The fraction of sp³-hybridized carbons (Fsp3) is 0.429. The van der Waals surface area contributed by atoms with Gasteiger partial charge in [0.2, 0.25) is 0 Å². The van der Waals surface area contributed by atoms with Crippen LogP contribution >= 0.6 is 0 Å². The summed E-state index contributed by atoms with van der Waals surface area (Å²) < 4.78 is 10.4. The topological polar surface area (TPSA) is 55.8 Å². The van der Waals surface area contributed by atoms with E-state index in [1.165, 1.54) is 13.8 Å². The summed E-state index contributed by atoms with van der Waals surface area (Å²) >= 11 is 0. The maximum atomic E-state index is 11.1. The Balaban J connectivity index is 2.10. The number of ether oxygens (including phenoxy) is 2. The largest absolute Gasteiger partial charge is 0.457 e. The van der Waals surface area contributed by atoms with Gasteiger partial charge < -0.3 is 14.4 Å². The second-order valence-corrected chi connectivity index (χ2v) is 4.54. The van der Waals surface area contributed by atoms with Crippen molar-refractivity contribution in [2.45, 2.75) is 26.1 Å². The maximum Gasteiger partial charge on any atom is 0.303 e. The highest BCUT2D eigenvalue weighted by molar-refractivity contribution is 5.68. The SMILES string of the molecule is CC(=O)OC1CN(c2ccccc2)CC1OC(C)=O. The van der Waals surface area contributed by atoms with Crippen molar-refractivity contribution in [3.05, 3.63) is 30.3 Å². The number of anilines is 1. The van der Waals surface area contributed by atoms with Crippen LogP contribution in [0.3, 0.4) is 0 Å². The third kappa shape index (κ3) is 3.47. The predicted octanol–water partition coefficient (Wildman–Crippen LogP) is 1.37. The molecular formula is C14H17NO4. The average molecular weight is 263 g/mol. The molecule has 1 aromatic rings. The van der Waals surface area contributed by atoms with Gasteiger partial charge in [-0.05, 0) is 12.1 Å². The molecule has 0 aromatic heterocycles. The molecule has 1 aromatic carbocycles. The minimum atomic E-state index is -0.415. The van der Waals surface area contributed by atoms with Gasteiger partial charge in [-0.25, -0.2) is 0 Å². The Morgan fingerprint density at radius 3 is 1.89 bits per heavy atom. The summed E-state index contributed by atoms with van der Waals surface area (Å²) in [5.74, 6) is -0.728. The van der Waals surface area contributed by atoms with Crippen molar-refractivity contribution < 1.29 is 19.1 Å². The lowest BCUT2D eigenvalue weighted by Gasteiger charge is -2.17. The van der Waals surface area contributed by atoms with Gasteiger partial charge in [0.1, 0.15) is 0 Å². The zero-order valence-electron chi connectivity index (χ0n) is 11.0. The Labute approximate surface area is 112 Å². The van der Waals surface area contributed by atoms with Gasteiger partial charge >= 0.3 is 11.9 Å². The molecule has 0 amide bonds. The van der Waals surface area contributed by atoms with E-state index in [2.05, 4.69) is 0 Å². The summed E-state index contributed by atoms with van der Waals surface area (Å²) in [6.07, 6.45) is -0.830. The molecule has 0 radical (unpaired) electrons. The Bertz CT molecular complexity index is 436. The molecule has 0 bridgehead atoms. The van der Waals surface area contributed by atoms with Crippen LogP contribution in [0.15, 0.2) is 30.3 Å². The van der Waals surface area contributed by atoms with Crippen molar-refractivity contribution in [2.24, 2.45) is 0 Å². The van der Waals surface area contributed by atoms with E-state index < -0.39 is 12.2 Å². The summed E-state index contributed by atoms with van der Waals surface area (Å²) in [4.78, 5) is 24.2. The minimum Gasteiger partial charge on any atom is -0.457 e. The lowest BCUT2D eigenvalue weighted by molar-refractivity contribution is -0.160. The van der Waals surface area contributed by atoms with Crippen molar-refractivity contribution in [3.63, 3.8) is 0 Å². The van der Waals surface area contributed by atoms with Crippen molar-refractivity contribution in [1.29, 1.82) is 0 Å². The lowest BCUT2D eigenvalue weighted by Crippen LogP contribution is -2.32. The van der Waals surface area contributed by atoms with Crippen LogP contribution in [0, 0.1) is 0 Å². The van der Waals surface area contributed by atoms with E-state index in [9.17, 15) is 9.59 Å². The Morgan fingerprint density at radius 1 is 1.00 bits per heavy atom. The monoisotopic (exact) mass is 263 g/mol. The average Bonchev–Trinajstić information content (AvgIpc) is 2.72. The molecule has 5 nitrogen and oxygen atoms in total. The third-order valence-corrected chi connectivity index (χ3v) is 2.97. The summed E-state index contributed by atoms with van der Waals surface area (Å²) in [5, 5.41) is 0. The minimum absolute atomic E-state index is 0.364. The lowest BCUT2D eigenvalue weighted by atomic mass is 10.2. The number of para-hydroxylation sites is 1. The van der Waals surface area contributed by atoms with Gasteiger partial charge in [-0.15, -0.1) is 0 Å². The van der Waals surface area contributed by atoms with Gasteiger partial charge in [0.05, 0.1) is 13.1 Å². The van der Waals surface area contributed by atoms with Crippen molar-refractivity contribution >= 4 is 17.6 Å². The molecule has 1 aliphatic heterocycles. The van der Waals surface area contributed by atoms with Gasteiger partial charge in [0.25, 0.3) is 0 Å². The van der Waals surface area contributed by atoms with Crippen LogP contribution in [0.25, 0.3) is 0 Å². The molecule has 0 spiro atoms. The van der Waals surface area contributed by atoms with Crippen LogP contribution in [-0.2, 0) is 19.1 Å². The Kier molecular flexibility index (Phi) is 4.04. The zero-order chi connectivity index (χ0) is 13.8. The van der Waals surface area contributed by atoms with E-state index in [0.717, 1.165) is 5.69 Å². The molecule has 102 valence electrons. The van der Waals surface area contributed by atoms with Crippen molar-refractivity contribution in [2.75, 3.05) is 18.0 Å². The molecule has 0 saturated carbocycles. The molecule has 0 N–H and O–H groups in total. The first-order valence-corrected chi connectivity index (χ1v) is 6.20. The number of carbonyl (C=O) groups is 2. The Morgan fingerprint density at radius 2 is 1.47 bits per heavy atom. The van der Waals surface area contributed by atoms with E-state index in [1.807, 2.05) is 35.2 Å². The highest BCUT2D eigenvalue weighted by atomic mass is 16.6. The van der Waals surface area contributed by atoms with Crippen LogP contribution in [0.4, 0.5) is 5.69 Å². The summed E-state index contributed by atoms with van der Waals surface area (Å²) in [6.45, 7) is 3.77. The van der Waals surface area contributed by atoms with Gasteiger partial charge in [-0.1, -0.05) is 18.2 Å². The molecule has 5 heteroatoms. The fourth-order valence-electron chi connectivity index (χ4n) is 2.25. The third-order valence-electron chi connectivity index (χ3n) is 2.97. The molecule has 19 heavy (non-hydrogen) atoms. The van der Waals surface area contributed by atoms with Crippen LogP contribution in [-0.4, -0.2) is 37.2 Å². The zero-order valence-corrected chi connectivity index (χ0v) is 11.0. The van der Waals surface area contributed by atoms with Crippen LogP contribution < -0.4 is 4.90 Å². The number of esters is 2. The molecule has 1 heterocycles. The number of carbonyl (C=O) groups excluding carboxylic acids is 2. The van der Waals surface area contributed by atoms with Crippen molar-refractivity contribution in [3.8, 4) is 0 Å². The number of nitrogens with zero attached hydrogens (tertiary/aromatic N) is 1. The quantitative estimate of drug-likeness (QED) is 0.771. The van der Waals surface area contributed by atoms with E-state index in [1.54, 1.807) is 0 Å².